The Hall–Kier alpha value is -1.71. The first-order valence-electron chi connectivity index (χ1n) is 9.48. The van der Waals surface area contributed by atoms with Gasteiger partial charge >= 0.3 is 0 Å². The molecular formula is C21H26FNO2. The molecule has 4 rings (SSSR count). The lowest BCUT2D eigenvalue weighted by Crippen LogP contribution is -2.63. The summed E-state index contributed by atoms with van der Waals surface area (Å²) in [6.45, 7) is 4.26. The first-order valence-corrected chi connectivity index (χ1v) is 9.48. The molecule has 2 amide bonds. The van der Waals surface area contributed by atoms with Crippen LogP contribution < -0.4 is 0 Å². The van der Waals surface area contributed by atoms with E-state index in [1.54, 1.807) is 24.3 Å². The lowest BCUT2D eigenvalue weighted by molar-refractivity contribution is -0.0915. The molecule has 1 aliphatic heterocycles. The maximum Gasteiger partial charge on any atom is 0.262 e. The van der Waals surface area contributed by atoms with Gasteiger partial charge in [-0.15, -0.1) is 0 Å². The zero-order valence-corrected chi connectivity index (χ0v) is 15.1. The normalized spacial score (nSPS) is 37.3. The van der Waals surface area contributed by atoms with Gasteiger partial charge in [0.1, 0.15) is 5.67 Å². The van der Waals surface area contributed by atoms with Gasteiger partial charge in [0, 0.05) is 6.42 Å². The molecule has 3 atom stereocenters. The minimum Gasteiger partial charge on any atom is -0.269 e. The van der Waals surface area contributed by atoms with Gasteiger partial charge in [-0.05, 0) is 56.1 Å². The summed E-state index contributed by atoms with van der Waals surface area (Å²) < 4.78 is 15.7. The van der Waals surface area contributed by atoms with Crippen LogP contribution in [0.1, 0.15) is 85.9 Å². The van der Waals surface area contributed by atoms with E-state index in [1.807, 2.05) is 0 Å². The Morgan fingerprint density at radius 2 is 1.68 bits per heavy atom. The number of rotatable bonds is 3. The third kappa shape index (κ3) is 2.44. The van der Waals surface area contributed by atoms with E-state index in [-0.39, 0.29) is 17.2 Å². The Balaban J connectivity index is 1.78. The van der Waals surface area contributed by atoms with E-state index >= 15 is 4.39 Å². The fourth-order valence-corrected chi connectivity index (χ4v) is 6.09. The van der Waals surface area contributed by atoms with Gasteiger partial charge in [0.2, 0.25) is 0 Å². The predicted octanol–water partition coefficient (Wildman–Crippen LogP) is 4.90. The highest BCUT2D eigenvalue weighted by molar-refractivity contribution is 6.21. The molecule has 0 aromatic heterocycles. The van der Waals surface area contributed by atoms with Crippen LogP contribution in [0.15, 0.2) is 24.3 Å². The molecule has 1 aromatic rings. The lowest BCUT2D eigenvalue weighted by atomic mass is 9.55. The molecular weight excluding hydrogens is 317 g/mol. The molecule has 2 aliphatic carbocycles. The molecule has 3 nitrogen and oxygen atoms in total. The Bertz CT molecular complexity index is 712. The molecule has 4 heteroatoms. The number of fused-ring (bicyclic) bond motifs is 3. The molecule has 0 saturated heterocycles. The number of hydrogen-bond donors (Lipinski definition) is 0. The molecule has 0 N–H and O–H groups in total. The van der Waals surface area contributed by atoms with E-state index in [0.29, 0.717) is 30.4 Å². The van der Waals surface area contributed by atoms with E-state index in [4.69, 9.17) is 0 Å². The smallest absolute Gasteiger partial charge is 0.262 e. The van der Waals surface area contributed by atoms with Gasteiger partial charge in [-0.2, -0.15) is 0 Å². The van der Waals surface area contributed by atoms with Crippen molar-refractivity contribution in [3.8, 4) is 0 Å². The molecule has 2 bridgehead atoms. The van der Waals surface area contributed by atoms with E-state index in [2.05, 4.69) is 13.8 Å². The van der Waals surface area contributed by atoms with E-state index in [1.165, 1.54) is 4.90 Å². The van der Waals surface area contributed by atoms with Crippen molar-refractivity contribution in [2.45, 2.75) is 76.4 Å². The summed E-state index contributed by atoms with van der Waals surface area (Å²) in [5.41, 5.74) is -1.13. The molecule has 0 spiro atoms. The fourth-order valence-electron chi connectivity index (χ4n) is 6.09. The molecule has 2 fully saturated rings. The van der Waals surface area contributed by atoms with E-state index < -0.39 is 11.2 Å². The van der Waals surface area contributed by atoms with Crippen molar-refractivity contribution in [3.63, 3.8) is 0 Å². The highest BCUT2D eigenvalue weighted by Crippen LogP contribution is 2.59. The second-order valence-corrected chi connectivity index (χ2v) is 8.81. The number of imide groups is 1. The van der Waals surface area contributed by atoms with Gasteiger partial charge in [-0.25, -0.2) is 4.39 Å². The van der Waals surface area contributed by atoms with Crippen molar-refractivity contribution >= 4 is 11.8 Å². The van der Waals surface area contributed by atoms with Gasteiger partial charge in [-0.3, -0.25) is 14.5 Å². The van der Waals surface area contributed by atoms with Crippen LogP contribution in [0.4, 0.5) is 4.39 Å². The van der Waals surface area contributed by atoms with Crippen LogP contribution in [0.2, 0.25) is 0 Å². The van der Waals surface area contributed by atoms with Crippen molar-refractivity contribution in [1.29, 1.82) is 0 Å². The zero-order valence-electron chi connectivity index (χ0n) is 15.1. The van der Waals surface area contributed by atoms with E-state index in [0.717, 1.165) is 32.1 Å². The van der Waals surface area contributed by atoms with Crippen molar-refractivity contribution in [2.75, 3.05) is 0 Å². The molecule has 1 aromatic carbocycles. The van der Waals surface area contributed by atoms with Gasteiger partial charge in [0.15, 0.2) is 0 Å². The van der Waals surface area contributed by atoms with Crippen molar-refractivity contribution in [2.24, 2.45) is 5.41 Å². The topological polar surface area (TPSA) is 37.4 Å². The van der Waals surface area contributed by atoms with Gasteiger partial charge < -0.3 is 0 Å². The summed E-state index contributed by atoms with van der Waals surface area (Å²) >= 11 is 0. The number of alkyl halides is 1. The summed E-state index contributed by atoms with van der Waals surface area (Å²) in [6, 6.07) is 7.00. The van der Waals surface area contributed by atoms with Gasteiger partial charge in [0.25, 0.3) is 11.8 Å². The van der Waals surface area contributed by atoms with Crippen LogP contribution in [0, 0.1) is 5.41 Å². The van der Waals surface area contributed by atoms with Crippen LogP contribution in [-0.4, -0.2) is 27.9 Å². The average Bonchev–Trinajstić information content (AvgIpc) is 2.78. The minimum absolute atomic E-state index is 0.155. The molecule has 0 radical (unpaired) electrons. The summed E-state index contributed by atoms with van der Waals surface area (Å²) in [5, 5.41) is 0. The third-order valence-corrected chi connectivity index (χ3v) is 6.53. The number of halogens is 1. The molecule has 1 heterocycles. The Morgan fingerprint density at radius 1 is 1.04 bits per heavy atom. The SMILES string of the molecule is CCCC1(C)CC2(F)CCCC(N3C(=O)c4ccccc4C3=O)(C1)C2. The third-order valence-electron chi connectivity index (χ3n) is 6.53. The average molecular weight is 343 g/mol. The fraction of sp³-hybridized carbons (Fsp3) is 0.619. The number of amides is 2. The molecule has 25 heavy (non-hydrogen) atoms. The maximum absolute atomic E-state index is 15.7. The van der Waals surface area contributed by atoms with Crippen LogP contribution in [0.25, 0.3) is 0 Å². The highest BCUT2D eigenvalue weighted by atomic mass is 19.1. The second-order valence-electron chi connectivity index (χ2n) is 8.81. The van der Waals surface area contributed by atoms with Crippen molar-refractivity contribution < 1.29 is 14.0 Å². The zero-order chi connectivity index (χ0) is 17.9. The van der Waals surface area contributed by atoms with Crippen molar-refractivity contribution in [1.82, 2.24) is 4.90 Å². The summed E-state index contributed by atoms with van der Waals surface area (Å²) in [5.74, 6) is -0.462. The summed E-state index contributed by atoms with van der Waals surface area (Å²) in [7, 11) is 0. The van der Waals surface area contributed by atoms with Crippen molar-refractivity contribution in [3.05, 3.63) is 35.4 Å². The maximum atomic E-state index is 15.7. The van der Waals surface area contributed by atoms with Gasteiger partial charge in [0.05, 0.1) is 16.7 Å². The quantitative estimate of drug-likeness (QED) is 0.732. The molecule has 3 aliphatic rings. The van der Waals surface area contributed by atoms with E-state index in [9.17, 15) is 9.59 Å². The molecule has 134 valence electrons. The number of nitrogens with zero attached hydrogens (tertiary/aromatic N) is 1. The standard InChI is InChI=1S/C21H26FNO2/c1-3-9-19(2)12-20(22)10-6-11-21(13-19,14-20)23-17(24)15-7-4-5-8-16(15)18(23)25/h4-5,7-8H,3,6,9-14H2,1-2H3. The first-order chi connectivity index (χ1) is 11.8. The van der Waals surface area contributed by atoms with Gasteiger partial charge in [-0.1, -0.05) is 32.4 Å². The number of benzene rings is 1. The lowest BCUT2D eigenvalue weighted by Gasteiger charge is -2.57. The Morgan fingerprint density at radius 3 is 2.28 bits per heavy atom. The van der Waals surface area contributed by atoms with Crippen LogP contribution >= 0.6 is 0 Å². The van der Waals surface area contributed by atoms with Crippen LogP contribution in [0.5, 0.6) is 0 Å². The molecule has 3 unspecified atom stereocenters. The number of carbonyl (C=O) groups excluding carboxylic acids is 2. The summed E-state index contributed by atoms with van der Waals surface area (Å²) in [4.78, 5) is 27.6. The number of hydrogen-bond acceptors (Lipinski definition) is 2. The Labute approximate surface area is 148 Å². The monoisotopic (exact) mass is 343 g/mol. The molecule has 2 saturated carbocycles. The summed E-state index contributed by atoms with van der Waals surface area (Å²) in [6.07, 6.45) is 5.54. The second kappa shape index (κ2) is 5.39. The minimum atomic E-state index is -1.25. The number of carbonyl (C=O) groups is 2. The van der Waals surface area contributed by atoms with Crippen LogP contribution in [-0.2, 0) is 0 Å². The first kappa shape index (κ1) is 16.7. The predicted molar refractivity (Wildman–Crippen MR) is 94.2 cm³/mol. The van der Waals surface area contributed by atoms with Crippen LogP contribution in [0.3, 0.4) is 0 Å². The Kier molecular flexibility index (Phi) is 3.61. The highest BCUT2D eigenvalue weighted by Gasteiger charge is 2.61. The largest absolute Gasteiger partial charge is 0.269 e.